The second-order valence-corrected chi connectivity index (χ2v) is 4.57. The highest BCUT2D eigenvalue weighted by Gasteiger charge is 2.16. The molecule has 0 radical (unpaired) electrons. The Hall–Kier alpha value is -1.51. The normalized spacial score (nSPS) is 12.3. The molecule has 1 amide bonds. The maximum atomic E-state index is 11.2. The number of methoxy groups -OCH3 is 1. The van der Waals surface area contributed by atoms with Crippen LogP contribution >= 0.6 is 0 Å². The van der Waals surface area contributed by atoms with E-state index in [2.05, 4.69) is 19.2 Å². The fourth-order valence-electron chi connectivity index (χ4n) is 1.82. The van der Waals surface area contributed by atoms with Crippen LogP contribution in [-0.4, -0.2) is 19.1 Å². The fraction of sp³-hybridized carbons (Fsp3) is 0.500. The van der Waals surface area contributed by atoms with Crippen LogP contribution in [0.5, 0.6) is 5.75 Å². The zero-order valence-corrected chi connectivity index (χ0v) is 11.0. The van der Waals surface area contributed by atoms with E-state index in [1.165, 1.54) is 0 Å². The lowest BCUT2D eigenvalue weighted by Gasteiger charge is -2.22. The molecule has 1 N–H and O–H groups in total. The van der Waals surface area contributed by atoms with Gasteiger partial charge in [-0.3, -0.25) is 4.79 Å². The third-order valence-corrected chi connectivity index (χ3v) is 2.83. The Balaban J connectivity index is 2.81. The van der Waals surface area contributed by atoms with Crippen molar-refractivity contribution in [2.24, 2.45) is 5.92 Å². The van der Waals surface area contributed by atoms with Crippen LogP contribution in [0.15, 0.2) is 24.3 Å². The first-order valence-corrected chi connectivity index (χ1v) is 5.93. The first kappa shape index (κ1) is 13.6. The van der Waals surface area contributed by atoms with Crippen molar-refractivity contribution in [3.8, 4) is 5.75 Å². The molecule has 3 nitrogen and oxygen atoms in total. The lowest BCUT2D eigenvalue weighted by Crippen LogP contribution is -2.38. The molecule has 0 fully saturated rings. The van der Waals surface area contributed by atoms with Crippen molar-refractivity contribution in [3.05, 3.63) is 29.8 Å². The second-order valence-electron chi connectivity index (χ2n) is 4.57. The summed E-state index contributed by atoms with van der Waals surface area (Å²) in [6, 6.07) is 8.06. The lowest BCUT2D eigenvalue weighted by atomic mass is 9.96. The second kappa shape index (κ2) is 6.28. The number of rotatable bonds is 5. The zero-order valence-electron chi connectivity index (χ0n) is 11.0. The summed E-state index contributed by atoms with van der Waals surface area (Å²) >= 11 is 0. The van der Waals surface area contributed by atoms with Crippen LogP contribution in [0.25, 0.3) is 0 Å². The summed E-state index contributed by atoms with van der Waals surface area (Å²) in [5, 5.41) is 2.98. The summed E-state index contributed by atoms with van der Waals surface area (Å²) in [5.74, 6) is 1.28. The highest BCUT2D eigenvalue weighted by atomic mass is 16.5. The SMILES string of the molecule is COc1ccccc1C[C@H](NC(C)=O)C(C)C. The van der Waals surface area contributed by atoms with Crippen molar-refractivity contribution in [2.75, 3.05) is 7.11 Å². The minimum absolute atomic E-state index is 0.0126. The fourth-order valence-corrected chi connectivity index (χ4v) is 1.82. The van der Waals surface area contributed by atoms with Crippen LogP contribution in [0, 0.1) is 5.92 Å². The Morgan fingerprint density at radius 1 is 1.35 bits per heavy atom. The first-order valence-electron chi connectivity index (χ1n) is 5.93. The molecule has 0 aliphatic rings. The number of benzene rings is 1. The standard InChI is InChI=1S/C14H21NO2/c1-10(2)13(15-11(3)16)9-12-7-5-6-8-14(12)17-4/h5-8,10,13H,9H2,1-4H3,(H,15,16)/t13-/m0/s1. The Labute approximate surface area is 103 Å². The number of hydrogen-bond acceptors (Lipinski definition) is 2. The van der Waals surface area contributed by atoms with Gasteiger partial charge in [-0.25, -0.2) is 0 Å². The molecular formula is C14H21NO2. The van der Waals surface area contributed by atoms with E-state index in [-0.39, 0.29) is 11.9 Å². The molecule has 0 aliphatic carbocycles. The van der Waals surface area contributed by atoms with E-state index in [1.54, 1.807) is 14.0 Å². The minimum Gasteiger partial charge on any atom is -0.496 e. The third kappa shape index (κ3) is 4.10. The molecule has 1 rings (SSSR count). The van der Waals surface area contributed by atoms with E-state index in [4.69, 9.17) is 4.74 Å². The maximum Gasteiger partial charge on any atom is 0.217 e. The topological polar surface area (TPSA) is 38.3 Å². The smallest absolute Gasteiger partial charge is 0.217 e. The number of nitrogens with one attached hydrogen (secondary N) is 1. The van der Waals surface area contributed by atoms with Crippen molar-refractivity contribution < 1.29 is 9.53 Å². The largest absolute Gasteiger partial charge is 0.496 e. The van der Waals surface area contributed by atoms with Crippen LogP contribution in [0.3, 0.4) is 0 Å². The van der Waals surface area contributed by atoms with E-state index in [0.717, 1.165) is 17.7 Å². The zero-order chi connectivity index (χ0) is 12.8. The van der Waals surface area contributed by atoms with Crippen LogP contribution < -0.4 is 10.1 Å². The van der Waals surface area contributed by atoms with Gasteiger partial charge in [0.15, 0.2) is 0 Å². The van der Waals surface area contributed by atoms with Crippen LogP contribution in [0.1, 0.15) is 26.3 Å². The highest BCUT2D eigenvalue weighted by molar-refractivity contribution is 5.73. The Kier molecular flexibility index (Phi) is 5.01. The van der Waals surface area contributed by atoms with Crippen LogP contribution in [0.2, 0.25) is 0 Å². The summed E-state index contributed by atoms with van der Waals surface area (Å²) in [6.45, 7) is 5.77. The quantitative estimate of drug-likeness (QED) is 0.851. The van der Waals surface area contributed by atoms with Crippen LogP contribution in [-0.2, 0) is 11.2 Å². The predicted molar refractivity (Wildman–Crippen MR) is 69.1 cm³/mol. The summed E-state index contributed by atoms with van der Waals surface area (Å²) in [4.78, 5) is 11.2. The van der Waals surface area contributed by atoms with Gasteiger partial charge in [-0.2, -0.15) is 0 Å². The van der Waals surface area contributed by atoms with Gasteiger partial charge >= 0.3 is 0 Å². The Bertz CT molecular complexity index is 374. The van der Waals surface area contributed by atoms with Gasteiger partial charge < -0.3 is 10.1 Å². The molecule has 0 saturated carbocycles. The van der Waals surface area contributed by atoms with E-state index < -0.39 is 0 Å². The minimum atomic E-state index is 0.0126. The number of carbonyl (C=O) groups excluding carboxylic acids is 1. The molecule has 0 saturated heterocycles. The number of ether oxygens (including phenoxy) is 1. The highest BCUT2D eigenvalue weighted by Crippen LogP contribution is 2.20. The third-order valence-electron chi connectivity index (χ3n) is 2.83. The molecular weight excluding hydrogens is 214 g/mol. The average molecular weight is 235 g/mol. The molecule has 94 valence electrons. The van der Waals surface area contributed by atoms with E-state index in [9.17, 15) is 4.79 Å². The summed E-state index contributed by atoms with van der Waals surface area (Å²) in [5.41, 5.74) is 1.13. The molecule has 0 aliphatic heterocycles. The monoisotopic (exact) mass is 235 g/mol. The van der Waals surface area contributed by atoms with Crippen LogP contribution in [0.4, 0.5) is 0 Å². The van der Waals surface area contributed by atoms with Crippen molar-refractivity contribution in [1.29, 1.82) is 0 Å². The van der Waals surface area contributed by atoms with Crippen molar-refractivity contribution in [1.82, 2.24) is 5.32 Å². The lowest BCUT2D eigenvalue weighted by molar-refractivity contribution is -0.119. The molecule has 0 unspecified atom stereocenters. The number of amides is 1. The van der Waals surface area contributed by atoms with Gasteiger partial charge in [0, 0.05) is 13.0 Å². The number of carbonyl (C=O) groups is 1. The molecule has 3 heteroatoms. The Morgan fingerprint density at radius 2 is 2.00 bits per heavy atom. The van der Waals surface area contributed by atoms with Crippen molar-refractivity contribution in [2.45, 2.75) is 33.2 Å². The summed E-state index contributed by atoms with van der Waals surface area (Å²) < 4.78 is 5.32. The van der Waals surface area contributed by atoms with Gasteiger partial charge in [-0.05, 0) is 24.0 Å². The van der Waals surface area contributed by atoms with Gasteiger partial charge in [-0.1, -0.05) is 32.0 Å². The van der Waals surface area contributed by atoms with Gasteiger partial charge in [-0.15, -0.1) is 0 Å². The van der Waals surface area contributed by atoms with Crippen molar-refractivity contribution in [3.63, 3.8) is 0 Å². The molecule has 17 heavy (non-hydrogen) atoms. The maximum absolute atomic E-state index is 11.2. The van der Waals surface area contributed by atoms with E-state index >= 15 is 0 Å². The van der Waals surface area contributed by atoms with E-state index in [0.29, 0.717) is 5.92 Å². The summed E-state index contributed by atoms with van der Waals surface area (Å²) in [6.07, 6.45) is 0.793. The first-order chi connectivity index (χ1) is 8.04. The predicted octanol–water partition coefficient (Wildman–Crippen LogP) is 2.40. The number of hydrogen-bond donors (Lipinski definition) is 1. The molecule has 0 spiro atoms. The van der Waals surface area contributed by atoms with Crippen molar-refractivity contribution >= 4 is 5.91 Å². The molecule has 0 bridgehead atoms. The molecule has 1 aromatic rings. The molecule has 1 aromatic carbocycles. The Morgan fingerprint density at radius 3 is 2.53 bits per heavy atom. The van der Waals surface area contributed by atoms with Gasteiger partial charge in [0.25, 0.3) is 0 Å². The summed E-state index contributed by atoms with van der Waals surface area (Å²) in [7, 11) is 1.67. The molecule has 0 heterocycles. The van der Waals surface area contributed by atoms with Gasteiger partial charge in [0.1, 0.15) is 5.75 Å². The van der Waals surface area contributed by atoms with Gasteiger partial charge in [0.2, 0.25) is 5.91 Å². The molecule has 0 aromatic heterocycles. The van der Waals surface area contributed by atoms with E-state index in [1.807, 2.05) is 24.3 Å². The number of para-hydroxylation sites is 1. The van der Waals surface area contributed by atoms with Gasteiger partial charge in [0.05, 0.1) is 7.11 Å². The average Bonchev–Trinajstić information content (AvgIpc) is 2.28. The molecule has 1 atom stereocenters.